The average Bonchev–Trinajstić information content (AvgIpc) is 2.75. The number of hydrogen-bond acceptors (Lipinski definition) is 4. The summed E-state index contributed by atoms with van der Waals surface area (Å²) in [5.41, 5.74) is -0.341. The van der Waals surface area contributed by atoms with Crippen molar-refractivity contribution in [2.24, 2.45) is 0 Å². The van der Waals surface area contributed by atoms with Gasteiger partial charge in [-0.1, -0.05) is 0 Å². The van der Waals surface area contributed by atoms with Gasteiger partial charge < -0.3 is 4.55 Å². The van der Waals surface area contributed by atoms with Crippen LogP contribution < -0.4 is 0 Å². The van der Waals surface area contributed by atoms with Gasteiger partial charge >= 0.3 is 0 Å². The number of nitrogens with zero attached hydrogens (tertiary/aromatic N) is 4. The van der Waals surface area contributed by atoms with Crippen molar-refractivity contribution in [2.75, 3.05) is 13.1 Å². The minimum absolute atomic E-state index is 0.341. The molecule has 1 aromatic heterocycles. The molecular formula is C10H14N4O2S. The van der Waals surface area contributed by atoms with Gasteiger partial charge in [0.25, 0.3) is 0 Å². The largest absolute Gasteiger partial charge is 0.305 e. The second kappa shape index (κ2) is 4.56. The Morgan fingerprint density at radius 1 is 1.71 bits per heavy atom. The van der Waals surface area contributed by atoms with Crippen LogP contribution in [0.4, 0.5) is 0 Å². The molecule has 17 heavy (non-hydrogen) atoms. The molecular weight excluding hydrogens is 240 g/mol. The van der Waals surface area contributed by atoms with Crippen LogP contribution in [0.1, 0.15) is 13.3 Å². The van der Waals surface area contributed by atoms with Crippen molar-refractivity contribution in [1.82, 2.24) is 14.7 Å². The first-order valence-corrected chi connectivity index (χ1v) is 6.47. The molecule has 2 rings (SSSR count). The number of rotatable bonds is 4. The fourth-order valence-electron chi connectivity index (χ4n) is 2.13. The van der Waals surface area contributed by atoms with Crippen LogP contribution in [0, 0.1) is 11.3 Å². The molecule has 0 saturated carbocycles. The Kier molecular flexibility index (Phi) is 3.28. The summed E-state index contributed by atoms with van der Waals surface area (Å²) < 4.78 is 21.8. The molecule has 2 heterocycles. The molecule has 6 nitrogen and oxygen atoms in total. The van der Waals surface area contributed by atoms with Gasteiger partial charge in [0.05, 0.1) is 12.5 Å². The molecule has 7 heteroatoms. The van der Waals surface area contributed by atoms with Crippen molar-refractivity contribution >= 4 is 11.1 Å². The molecule has 92 valence electrons. The maximum atomic E-state index is 11.0. The topological polar surface area (TPSA) is 82.2 Å². The van der Waals surface area contributed by atoms with E-state index in [0.717, 1.165) is 0 Å². The molecule has 1 aromatic rings. The maximum Gasteiger partial charge on any atom is 0.170 e. The van der Waals surface area contributed by atoms with Crippen molar-refractivity contribution in [3.05, 3.63) is 18.5 Å². The summed E-state index contributed by atoms with van der Waals surface area (Å²) in [5.74, 6) is 0. The average molecular weight is 254 g/mol. The third kappa shape index (κ3) is 2.11. The van der Waals surface area contributed by atoms with Gasteiger partial charge in [-0.05, 0) is 13.0 Å². The van der Waals surface area contributed by atoms with Crippen LogP contribution in [-0.4, -0.2) is 41.9 Å². The first-order chi connectivity index (χ1) is 8.09. The van der Waals surface area contributed by atoms with E-state index in [1.807, 2.05) is 17.2 Å². The van der Waals surface area contributed by atoms with Crippen LogP contribution >= 0.6 is 0 Å². The Bertz CT molecular complexity index is 447. The molecule has 0 spiro atoms. The summed E-state index contributed by atoms with van der Waals surface area (Å²) in [6, 6.07) is 3.98. The number of hydrogen-bond donors (Lipinski definition) is 1. The second-order valence-corrected chi connectivity index (χ2v) is 5.52. The van der Waals surface area contributed by atoms with Crippen molar-refractivity contribution in [3.63, 3.8) is 0 Å². The van der Waals surface area contributed by atoms with E-state index in [0.29, 0.717) is 19.5 Å². The predicted molar refractivity (Wildman–Crippen MR) is 62.2 cm³/mol. The quantitative estimate of drug-likeness (QED) is 0.785. The second-order valence-electron chi connectivity index (χ2n) is 4.29. The van der Waals surface area contributed by atoms with Gasteiger partial charge in [0.2, 0.25) is 0 Å². The van der Waals surface area contributed by atoms with Gasteiger partial charge in [0.1, 0.15) is 10.9 Å². The monoisotopic (exact) mass is 254 g/mol. The molecule has 1 N–H and O–H groups in total. The lowest BCUT2D eigenvalue weighted by Gasteiger charge is -2.50. The zero-order valence-corrected chi connectivity index (χ0v) is 10.3. The van der Waals surface area contributed by atoms with Gasteiger partial charge in [-0.25, -0.2) is 4.21 Å². The molecule has 0 bridgehead atoms. The lowest BCUT2D eigenvalue weighted by atomic mass is 9.87. The van der Waals surface area contributed by atoms with Gasteiger partial charge in [-0.2, -0.15) is 10.4 Å². The third-order valence-corrected chi connectivity index (χ3v) is 4.08. The highest BCUT2D eigenvalue weighted by atomic mass is 32.2. The predicted octanol–water partition coefficient (Wildman–Crippen LogP) is 0.375. The first kappa shape index (κ1) is 12.2. The van der Waals surface area contributed by atoms with Crippen molar-refractivity contribution < 1.29 is 8.76 Å². The van der Waals surface area contributed by atoms with Crippen LogP contribution in [-0.2, 0) is 16.6 Å². The van der Waals surface area contributed by atoms with Crippen molar-refractivity contribution in [3.8, 4) is 6.07 Å². The lowest BCUT2D eigenvalue weighted by molar-refractivity contribution is -0.00171. The van der Waals surface area contributed by atoms with Crippen LogP contribution in [0.15, 0.2) is 18.5 Å². The number of aromatic nitrogens is 2. The van der Waals surface area contributed by atoms with Crippen LogP contribution in [0.25, 0.3) is 0 Å². The molecule has 1 fully saturated rings. The molecule has 1 saturated heterocycles. The summed E-state index contributed by atoms with van der Waals surface area (Å²) >= 11 is -1.86. The highest BCUT2D eigenvalue weighted by molar-refractivity contribution is 7.79. The van der Waals surface area contributed by atoms with Gasteiger partial charge in [-0.3, -0.25) is 9.58 Å². The highest BCUT2D eigenvalue weighted by Crippen LogP contribution is 2.33. The Balaban J connectivity index is 2.11. The Morgan fingerprint density at radius 2 is 2.41 bits per heavy atom. The third-order valence-electron chi connectivity index (χ3n) is 3.20. The Morgan fingerprint density at radius 3 is 2.88 bits per heavy atom. The van der Waals surface area contributed by atoms with E-state index in [1.165, 1.54) is 0 Å². The molecule has 0 radical (unpaired) electrons. The van der Waals surface area contributed by atoms with Gasteiger partial charge in [0.15, 0.2) is 11.1 Å². The smallest absolute Gasteiger partial charge is 0.170 e. The molecule has 1 aliphatic rings. The molecule has 1 aliphatic heterocycles. The van der Waals surface area contributed by atoms with E-state index in [2.05, 4.69) is 11.2 Å². The summed E-state index contributed by atoms with van der Waals surface area (Å²) in [6.45, 7) is 2.86. The molecule has 0 aliphatic carbocycles. The van der Waals surface area contributed by atoms with E-state index >= 15 is 0 Å². The highest BCUT2D eigenvalue weighted by Gasteiger charge is 2.47. The fourth-order valence-corrected chi connectivity index (χ4v) is 2.53. The van der Waals surface area contributed by atoms with Crippen LogP contribution in [0.2, 0.25) is 0 Å². The number of likely N-dealkylation sites (tertiary alicyclic amines) is 1. The van der Waals surface area contributed by atoms with E-state index < -0.39 is 16.5 Å². The molecule has 0 aromatic carbocycles. The summed E-state index contributed by atoms with van der Waals surface area (Å²) in [5, 5.41) is 12.6. The lowest BCUT2D eigenvalue weighted by Crippen LogP contribution is -2.65. The normalized spacial score (nSPS) is 22.4. The van der Waals surface area contributed by atoms with Crippen molar-refractivity contribution in [2.45, 2.75) is 24.3 Å². The Hall–Kier alpha value is -1.23. The summed E-state index contributed by atoms with van der Waals surface area (Å²) in [4.78, 5) is 1.88. The van der Waals surface area contributed by atoms with Crippen LogP contribution in [0.3, 0.4) is 0 Å². The van der Waals surface area contributed by atoms with E-state index in [-0.39, 0.29) is 5.54 Å². The van der Waals surface area contributed by atoms with E-state index in [4.69, 9.17) is 9.81 Å². The van der Waals surface area contributed by atoms with Crippen LogP contribution in [0.5, 0.6) is 0 Å². The molecule has 2 unspecified atom stereocenters. The minimum Gasteiger partial charge on any atom is -0.305 e. The molecule has 0 amide bonds. The van der Waals surface area contributed by atoms with Gasteiger partial charge in [-0.15, -0.1) is 0 Å². The zero-order valence-electron chi connectivity index (χ0n) is 9.48. The maximum absolute atomic E-state index is 11.0. The minimum atomic E-state index is -1.86. The van der Waals surface area contributed by atoms with E-state index in [9.17, 15) is 4.21 Å². The molecule has 2 atom stereocenters. The van der Waals surface area contributed by atoms with E-state index in [1.54, 1.807) is 17.8 Å². The summed E-state index contributed by atoms with van der Waals surface area (Å²) in [6.07, 6.45) is 3.86. The number of nitriles is 1. The van der Waals surface area contributed by atoms with Gasteiger partial charge in [0, 0.05) is 25.5 Å². The Labute approximate surface area is 102 Å². The first-order valence-electron chi connectivity index (χ1n) is 5.30. The van der Waals surface area contributed by atoms with Crippen molar-refractivity contribution in [1.29, 1.82) is 5.26 Å². The standard InChI is InChI=1S/C10H14N4O2S/c1-9(17(15)16)13-7-10(8-13,3-4-11)14-6-2-5-12-14/h2,5-6,9H,3,7-8H2,1H3,(H,15,16). The summed E-state index contributed by atoms with van der Waals surface area (Å²) in [7, 11) is 0. The SMILES string of the molecule is CC(N1CC(CC#N)(n2cccn2)C1)S(=O)O. The zero-order chi connectivity index (χ0) is 12.5. The fraction of sp³-hybridized carbons (Fsp3) is 0.600.